The molecule has 3 aromatic carbocycles. The molecule has 0 aromatic heterocycles. The van der Waals surface area contributed by atoms with Crippen molar-refractivity contribution in [3.8, 4) is 11.5 Å². The standard InChI is InChI=1S/C27H32N2O6S/c1-27(2,3)35-26(30)29-17-15-20(16-18-29)34-25-14-13-24(22-7-5-6-8-23(22)25)28-36(31,32)21-11-9-19(33-4)10-12-21/h5-14,20,28H,15-18H2,1-4H3. The molecule has 0 atom stereocenters. The van der Waals surface area contributed by atoms with Gasteiger partial charge in [-0.3, -0.25) is 4.72 Å². The number of fused-ring (bicyclic) bond motifs is 1. The van der Waals surface area contributed by atoms with Crippen molar-refractivity contribution in [3.05, 3.63) is 60.7 Å². The molecule has 0 radical (unpaired) electrons. The van der Waals surface area contributed by atoms with E-state index < -0.39 is 15.6 Å². The van der Waals surface area contributed by atoms with E-state index >= 15 is 0 Å². The third-order valence-corrected chi connectivity index (χ3v) is 7.27. The highest BCUT2D eigenvalue weighted by Gasteiger charge is 2.28. The van der Waals surface area contributed by atoms with Crippen molar-refractivity contribution >= 4 is 32.6 Å². The molecule has 1 fully saturated rings. The lowest BCUT2D eigenvalue weighted by atomic mass is 10.1. The van der Waals surface area contributed by atoms with E-state index in [1.807, 2.05) is 45.0 Å². The zero-order valence-electron chi connectivity index (χ0n) is 21.0. The number of rotatable bonds is 6. The van der Waals surface area contributed by atoms with Gasteiger partial charge in [-0.25, -0.2) is 13.2 Å². The number of carbonyl (C=O) groups excluding carboxylic acids is 1. The second-order valence-electron chi connectivity index (χ2n) is 9.72. The molecular formula is C27H32N2O6S. The summed E-state index contributed by atoms with van der Waals surface area (Å²) < 4.78 is 45.6. The van der Waals surface area contributed by atoms with E-state index in [1.54, 1.807) is 29.2 Å². The van der Waals surface area contributed by atoms with Crippen LogP contribution < -0.4 is 14.2 Å². The van der Waals surface area contributed by atoms with Gasteiger partial charge in [0.05, 0.1) is 17.7 Å². The number of hydrogen-bond donors (Lipinski definition) is 1. The summed E-state index contributed by atoms with van der Waals surface area (Å²) in [6.45, 7) is 6.67. The molecule has 9 heteroatoms. The molecule has 1 amide bonds. The highest BCUT2D eigenvalue weighted by Crippen LogP contribution is 2.34. The van der Waals surface area contributed by atoms with Gasteiger partial charge in [0.25, 0.3) is 10.0 Å². The lowest BCUT2D eigenvalue weighted by Crippen LogP contribution is -2.44. The van der Waals surface area contributed by atoms with Crippen LogP contribution in [0.15, 0.2) is 65.6 Å². The minimum atomic E-state index is -3.79. The van der Waals surface area contributed by atoms with Crippen molar-refractivity contribution in [2.75, 3.05) is 24.9 Å². The number of nitrogens with zero attached hydrogens (tertiary/aromatic N) is 1. The monoisotopic (exact) mass is 512 g/mol. The van der Waals surface area contributed by atoms with Crippen LogP contribution in [0.3, 0.4) is 0 Å². The molecule has 0 unspecified atom stereocenters. The van der Waals surface area contributed by atoms with Crippen molar-refractivity contribution in [2.45, 2.75) is 50.2 Å². The van der Waals surface area contributed by atoms with Crippen LogP contribution in [0.1, 0.15) is 33.6 Å². The number of piperidine rings is 1. The number of nitrogens with one attached hydrogen (secondary N) is 1. The van der Waals surface area contributed by atoms with Gasteiger partial charge in [-0.1, -0.05) is 24.3 Å². The van der Waals surface area contributed by atoms with Crippen LogP contribution in [-0.4, -0.2) is 51.3 Å². The Morgan fingerprint density at radius 3 is 2.19 bits per heavy atom. The summed E-state index contributed by atoms with van der Waals surface area (Å²) in [5.74, 6) is 1.26. The van der Waals surface area contributed by atoms with Crippen molar-refractivity contribution in [1.82, 2.24) is 4.90 Å². The quantitative estimate of drug-likeness (QED) is 0.474. The summed E-state index contributed by atoms with van der Waals surface area (Å²) >= 11 is 0. The Labute approximate surface area is 212 Å². The zero-order valence-corrected chi connectivity index (χ0v) is 21.8. The molecule has 0 aliphatic carbocycles. The largest absolute Gasteiger partial charge is 0.497 e. The fraction of sp³-hybridized carbons (Fsp3) is 0.370. The molecule has 0 saturated carbocycles. The minimum absolute atomic E-state index is 0.0612. The first-order valence-corrected chi connectivity index (χ1v) is 13.4. The first-order chi connectivity index (χ1) is 17.1. The van der Waals surface area contributed by atoms with E-state index in [-0.39, 0.29) is 17.1 Å². The van der Waals surface area contributed by atoms with Gasteiger partial charge >= 0.3 is 6.09 Å². The van der Waals surface area contributed by atoms with Crippen LogP contribution >= 0.6 is 0 Å². The lowest BCUT2D eigenvalue weighted by Gasteiger charge is -2.33. The summed E-state index contributed by atoms with van der Waals surface area (Å²) in [6.07, 6.45) is 0.993. The number of benzene rings is 3. The molecule has 1 heterocycles. The minimum Gasteiger partial charge on any atom is -0.497 e. The summed E-state index contributed by atoms with van der Waals surface area (Å²) in [7, 11) is -2.26. The van der Waals surface area contributed by atoms with Gasteiger partial charge < -0.3 is 19.1 Å². The number of anilines is 1. The normalized spacial score (nSPS) is 14.9. The summed E-state index contributed by atoms with van der Waals surface area (Å²) in [5, 5.41) is 1.54. The van der Waals surface area contributed by atoms with Gasteiger partial charge in [0.2, 0.25) is 0 Å². The average Bonchev–Trinajstić information content (AvgIpc) is 2.85. The molecule has 1 aliphatic heterocycles. The molecule has 192 valence electrons. The molecule has 0 bridgehead atoms. The Kier molecular flexibility index (Phi) is 7.31. The maximum Gasteiger partial charge on any atom is 0.410 e. The van der Waals surface area contributed by atoms with E-state index in [0.29, 0.717) is 43.1 Å². The van der Waals surface area contributed by atoms with Crippen molar-refractivity contribution in [1.29, 1.82) is 0 Å². The second kappa shape index (κ2) is 10.3. The van der Waals surface area contributed by atoms with Crippen molar-refractivity contribution in [2.24, 2.45) is 0 Å². The van der Waals surface area contributed by atoms with Gasteiger partial charge in [-0.05, 0) is 57.2 Å². The van der Waals surface area contributed by atoms with Crippen molar-refractivity contribution < 1.29 is 27.4 Å². The van der Waals surface area contributed by atoms with Crippen LogP contribution in [0.2, 0.25) is 0 Å². The van der Waals surface area contributed by atoms with Crippen LogP contribution in [0.25, 0.3) is 10.8 Å². The smallest absolute Gasteiger partial charge is 0.410 e. The molecule has 3 aromatic rings. The predicted molar refractivity (Wildman–Crippen MR) is 139 cm³/mol. The van der Waals surface area contributed by atoms with Crippen LogP contribution in [0, 0.1) is 0 Å². The maximum absolute atomic E-state index is 13.0. The number of ether oxygens (including phenoxy) is 3. The van der Waals surface area contributed by atoms with Gasteiger partial charge in [0.15, 0.2) is 0 Å². The highest BCUT2D eigenvalue weighted by atomic mass is 32.2. The van der Waals surface area contributed by atoms with Gasteiger partial charge in [-0.15, -0.1) is 0 Å². The first-order valence-electron chi connectivity index (χ1n) is 11.9. The molecule has 1 saturated heterocycles. The van der Waals surface area contributed by atoms with E-state index in [9.17, 15) is 13.2 Å². The van der Waals surface area contributed by atoms with E-state index in [1.165, 1.54) is 19.2 Å². The zero-order chi connectivity index (χ0) is 25.9. The Hall–Kier alpha value is -3.46. The molecule has 1 N–H and O–H groups in total. The SMILES string of the molecule is COc1ccc(S(=O)(=O)Nc2ccc(OC3CCN(C(=O)OC(C)(C)C)CC3)c3ccccc23)cc1. The fourth-order valence-corrected chi connectivity index (χ4v) is 5.16. The Morgan fingerprint density at radius 2 is 1.58 bits per heavy atom. The Balaban J connectivity index is 1.48. The third kappa shape index (κ3) is 6.02. The Morgan fingerprint density at radius 1 is 0.944 bits per heavy atom. The van der Waals surface area contributed by atoms with Crippen LogP contribution in [0.5, 0.6) is 11.5 Å². The van der Waals surface area contributed by atoms with Crippen LogP contribution in [-0.2, 0) is 14.8 Å². The molecule has 1 aliphatic rings. The van der Waals surface area contributed by atoms with E-state index in [0.717, 1.165) is 10.8 Å². The second-order valence-corrected chi connectivity index (χ2v) is 11.4. The van der Waals surface area contributed by atoms with Crippen molar-refractivity contribution in [3.63, 3.8) is 0 Å². The number of methoxy groups -OCH3 is 1. The van der Waals surface area contributed by atoms with Gasteiger partial charge in [-0.2, -0.15) is 0 Å². The number of likely N-dealkylation sites (tertiary alicyclic amines) is 1. The molecule has 36 heavy (non-hydrogen) atoms. The summed E-state index contributed by atoms with van der Waals surface area (Å²) in [4.78, 5) is 14.2. The third-order valence-electron chi connectivity index (χ3n) is 5.89. The number of amides is 1. The van der Waals surface area contributed by atoms with Crippen LogP contribution in [0.4, 0.5) is 10.5 Å². The van der Waals surface area contributed by atoms with E-state index in [2.05, 4.69) is 4.72 Å². The molecule has 8 nitrogen and oxygen atoms in total. The molecule has 0 spiro atoms. The molecular weight excluding hydrogens is 480 g/mol. The predicted octanol–water partition coefficient (Wildman–Crippen LogP) is 5.43. The number of hydrogen-bond acceptors (Lipinski definition) is 6. The summed E-state index contributed by atoms with van der Waals surface area (Å²) in [6, 6.07) is 17.2. The van der Waals surface area contributed by atoms with E-state index in [4.69, 9.17) is 14.2 Å². The topological polar surface area (TPSA) is 94.2 Å². The number of sulfonamides is 1. The Bertz CT molecular complexity index is 1320. The highest BCUT2D eigenvalue weighted by molar-refractivity contribution is 7.92. The first kappa shape index (κ1) is 25.6. The van der Waals surface area contributed by atoms with Gasteiger partial charge in [0, 0.05) is 36.7 Å². The fourth-order valence-electron chi connectivity index (χ4n) is 4.08. The maximum atomic E-state index is 13.0. The summed E-state index contributed by atoms with van der Waals surface area (Å²) in [5.41, 5.74) is -0.0616. The lowest BCUT2D eigenvalue weighted by molar-refractivity contribution is 0.0128. The number of carbonyl (C=O) groups is 1. The van der Waals surface area contributed by atoms with Gasteiger partial charge in [0.1, 0.15) is 23.2 Å². The average molecular weight is 513 g/mol. The molecule has 4 rings (SSSR count).